The van der Waals surface area contributed by atoms with Crippen LogP contribution in [0.5, 0.6) is 5.75 Å². The number of carbonyl (C=O) groups is 1. The maximum atomic E-state index is 13.3. The Kier molecular flexibility index (Phi) is 3.95. The van der Waals surface area contributed by atoms with Gasteiger partial charge in [0.15, 0.2) is 11.6 Å². The Morgan fingerprint density at radius 3 is 2.89 bits per heavy atom. The van der Waals surface area contributed by atoms with Crippen LogP contribution in [0.1, 0.15) is 6.42 Å². The second-order valence-electron chi connectivity index (χ2n) is 4.29. The van der Waals surface area contributed by atoms with E-state index in [4.69, 9.17) is 10.00 Å². The molecule has 1 aliphatic heterocycles. The summed E-state index contributed by atoms with van der Waals surface area (Å²) in [6.45, 7) is 0.769. The first kappa shape index (κ1) is 13.3. The summed E-state index contributed by atoms with van der Waals surface area (Å²) < 4.78 is 31.1. The highest BCUT2D eigenvalue weighted by Crippen LogP contribution is 2.19. The number of hydrogen-bond donors (Lipinski definition) is 0. The van der Waals surface area contributed by atoms with Gasteiger partial charge in [-0.05, 0) is 12.1 Å². The van der Waals surface area contributed by atoms with Gasteiger partial charge in [0.1, 0.15) is 12.4 Å². The molecule has 2 rings (SSSR count). The summed E-state index contributed by atoms with van der Waals surface area (Å²) in [5.74, 6) is -1.88. The van der Waals surface area contributed by atoms with Crippen molar-refractivity contribution in [2.45, 2.75) is 6.42 Å². The quantitative estimate of drug-likeness (QED) is 0.833. The van der Waals surface area contributed by atoms with Gasteiger partial charge in [0, 0.05) is 19.0 Å². The molecular formula is C13H12F2N2O2. The molecule has 0 N–H and O–H groups in total. The summed E-state index contributed by atoms with van der Waals surface area (Å²) in [6.07, 6.45) is 0.224. The van der Waals surface area contributed by atoms with Crippen LogP contribution >= 0.6 is 0 Å². The minimum absolute atomic E-state index is 0.0510. The number of halogens is 2. The van der Waals surface area contributed by atoms with E-state index in [0.29, 0.717) is 6.54 Å². The van der Waals surface area contributed by atoms with Gasteiger partial charge in [-0.3, -0.25) is 4.79 Å². The standard InChI is InChI=1S/C13H12F2N2O2/c14-10-1-2-12(11(15)6-10)19-4-3-17-8-9(7-16)5-13(17)18/h1-2,6,9H,3-5,8H2. The molecule has 0 saturated carbocycles. The first-order chi connectivity index (χ1) is 9.10. The number of benzene rings is 1. The van der Waals surface area contributed by atoms with Crippen LogP contribution in [-0.4, -0.2) is 30.5 Å². The summed E-state index contributed by atoms with van der Waals surface area (Å²) in [7, 11) is 0. The largest absolute Gasteiger partial charge is 0.489 e. The van der Waals surface area contributed by atoms with Gasteiger partial charge >= 0.3 is 0 Å². The zero-order valence-corrected chi connectivity index (χ0v) is 10.1. The average molecular weight is 266 g/mol. The number of rotatable bonds is 4. The second-order valence-corrected chi connectivity index (χ2v) is 4.29. The molecule has 1 atom stereocenters. The number of nitrogens with zero attached hydrogens (tertiary/aromatic N) is 2. The Labute approximate surface area is 109 Å². The van der Waals surface area contributed by atoms with Crippen molar-refractivity contribution in [3.63, 3.8) is 0 Å². The van der Waals surface area contributed by atoms with E-state index in [2.05, 4.69) is 0 Å². The minimum Gasteiger partial charge on any atom is -0.489 e. The summed E-state index contributed by atoms with van der Waals surface area (Å²) >= 11 is 0. The molecule has 0 spiro atoms. The molecule has 4 nitrogen and oxygen atoms in total. The Morgan fingerprint density at radius 1 is 1.47 bits per heavy atom. The number of nitriles is 1. The molecular weight excluding hydrogens is 254 g/mol. The maximum Gasteiger partial charge on any atom is 0.224 e. The Morgan fingerprint density at radius 2 is 2.26 bits per heavy atom. The lowest BCUT2D eigenvalue weighted by Crippen LogP contribution is -2.29. The summed E-state index contributed by atoms with van der Waals surface area (Å²) in [6, 6.07) is 5.09. The van der Waals surface area contributed by atoms with Crippen molar-refractivity contribution >= 4 is 5.91 Å². The van der Waals surface area contributed by atoms with Crippen LogP contribution in [-0.2, 0) is 4.79 Å². The number of hydrogen-bond acceptors (Lipinski definition) is 3. The van der Waals surface area contributed by atoms with Gasteiger partial charge < -0.3 is 9.64 Å². The predicted octanol–water partition coefficient (Wildman–Crippen LogP) is 1.72. The van der Waals surface area contributed by atoms with Crippen molar-refractivity contribution in [1.82, 2.24) is 4.90 Å². The highest BCUT2D eigenvalue weighted by molar-refractivity contribution is 5.79. The van der Waals surface area contributed by atoms with E-state index in [1.54, 1.807) is 0 Å². The molecule has 1 unspecified atom stereocenters. The fourth-order valence-electron chi connectivity index (χ4n) is 1.93. The van der Waals surface area contributed by atoms with E-state index >= 15 is 0 Å². The fourth-order valence-corrected chi connectivity index (χ4v) is 1.93. The van der Waals surface area contributed by atoms with Gasteiger partial charge in [-0.15, -0.1) is 0 Å². The number of likely N-dealkylation sites (tertiary alicyclic amines) is 1. The third-order valence-electron chi connectivity index (χ3n) is 2.91. The number of amides is 1. The molecule has 1 fully saturated rings. The van der Waals surface area contributed by atoms with Crippen molar-refractivity contribution in [1.29, 1.82) is 5.26 Å². The smallest absolute Gasteiger partial charge is 0.224 e. The van der Waals surface area contributed by atoms with E-state index in [-0.39, 0.29) is 37.1 Å². The van der Waals surface area contributed by atoms with Crippen LogP contribution in [0.4, 0.5) is 8.78 Å². The highest BCUT2D eigenvalue weighted by atomic mass is 19.1. The van der Waals surface area contributed by atoms with Crippen molar-refractivity contribution in [3.8, 4) is 11.8 Å². The molecule has 1 saturated heterocycles. The van der Waals surface area contributed by atoms with Gasteiger partial charge in [-0.25, -0.2) is 8.78 Å². The molecule has 0 aliphatic carbocycles. The third-order valence-corrected chi connectivity index (χ3v) is 2.91. The van der Waals surface area contributed by atoms with Gasteiger partial charge in [0.25, 0.3) is 0 Å². The van der Waals surface area contributed by atoms with Crippen molar-refractivity contribution in [3.05, 3.63) is 29.8 Å². The zero-order valence-electron chi connectivity index (χ0n) is 10.1. The SMILES string of the molecule is N#CC1CC(=O)N(CCOc2ccc(F)cc2F)C1. The van der Waals surface area contributed by atoms with E-state index < -0.39 is 11.6 Å². The first-order valence-electron chi connectivity index (χ1n) is 5.85. The molecule has 1 amide bonds. The summed E-state index contributed by atoms with van der Waals surface area (Å²) in [5, 5.41) is 8.72. The molecule has 0 aromatic heterocycles. The number of carbonyl (C=O) groups excluding carboxylic acids is 1. The molecule has 1 aliphatic rings. The van der Waals surface area contributed by atoms with E-state index in [9.17, 15) is 13.6 Å². The third kappa shape index (κ3) is 3.19. The van der Waals surface area contributed by atoms with E-state index in [1.165, 1.54) is 11.0 Å². The molecule has 6 heteroatoms. The van der Waals surface area contributed by atoms with Gasteiger partial charge in [0.05, 0.1) is 18.5 Å². The molecule has 1 aromatic carbocycles. The van der Waals surface area contributed by atoms with Crippen LogP contribution in [0.25, 0.3) is 0 Å². The number of ether oxygens (including phenoxy) is 1. The van der Waals surface area contributed by atoms with E-state index in [0.717, 1.165) is 12.1 Å². The molecule has 0 bridgehead atoms. The predicted molar refractivity (Wildman–Crippen MR) is 62.2 cm³/mol. The lowest BCUT2D eigenvalue weighted by Gasteiger charge is -2.16. The lowest BCUT2D eigenvalue weighted by atomic mass is 10.1. The Hall–Kier alpha value is -2.16. The van der Waals surface area contributed by atoms with Crippen molar-refractivity contribution in [2.24, 2.45) is 5.92 Å². The highest BCUT2D eigenvalue weighted by Gasteiger charge is 2.29. The topological polar surface area (TPSA) is 53.3 Å². The van der Waals surface area contributed by atoms with Crippen molar-refractivity contribution < 1.29 is 18.3 Å². The molecule has 0 radical (unpaired) electrons. The Balaban J connectivity index is 1.84. The molecule has 19 heavy (non-hydrogen) atoms. The van der Waals surface area contributed by atoms with Crippen molar-refractivity contribution in [2.75, 3.05) is 19.7 Å². The average Bonchev–Trinajstić information content (AvgIpc) is 2.73. The fraction of sp³-hybridized carbons (Fsp3) is 0.385. The first-order valence-corrected chi connectivity index (χ1v) is 5.85. The van der Waals surface area contributed by atoms with E-state index in [1.807, 2.05) is 6.07 Å². The maximum absolute atomic E-state index is 13.3. The van der Waals surface area contributed by atoms with Crippen LogP contribution in [0.15, 0.2) is 18.2 Å². The van der Waals surface area contributed by atoms with Crippen LogP contribution in [0.2, 0.25) is 0 Å². The monoisotopic (exact) mass is 266 g/mol. The molecule has 1 heterocycles. The van der Waals surface area contributed by atoms with Gasteiger partial charge in [0.2, 0.25) is 5.91 Å². The lowest BCUT2D eigenvalue weighted by molar-refractivity contribution is -0.128. The molecule has 100 valence electrons. The van der Waals surface area contributed by atoms with Crippen LogP contribution in [0, 0.1) is 28.9 Å². The van der Waals surface area contributed by atoms with Gasteiger partial charge in [-0.2, -0.15) is 5.26 Å². The second kappa shape index (κ2) is 5.65. The minimum atomic E-state index is -0.775. The van der Waals surface area contributed by atoms with Gasteiger partial charge in [-0.1, -0.05) is 0 Å². The Bertz CT molecular complexity index is 528. The summed E-state index contributed by atoms with van der Waals surface area (Å²) in [5.41, 5.74) is 0. The summed E-state index contributed by atoms with van der Waals surface area (Å²) in [4.78, 5) is 13.0. The zero-order chi connectivity index (χ0) is 13.8. The van der Waals surface area contributed by atoms with Crippen LogP contribution < -0.4 is 4.74 Å². The molecule has 1 aromatic rings. The van der Waals surface area contributed by atoms with Crippen LogP contribution in [0.3, 0.4) is 0 Å². The normalized spacial score (nSPS) is 18.5.